The fourth-order valence-corrected chi connectivity index (χ4v) is 4.28. The molecule has 4 aliphatic rings. The van der Waals surface area contributed by atoms with E-state index in [1.165, 1.54) is 12.0 Å². The highest BCUT2D eigenvalue weighted by Gasteiger charge is 2.57. The Morgan fingerprint density at radius 3 is 2.04 bits per heavy atom. The zero-order valence-corrected chi connectivity index (χ0v) is 13.2. The number of ether oxygens (including phenoxy) is 2. The van der Waals surface area contributed by atoms with Gasteiger partial charge >= 0.3 is 0 Å². The fraction of sp³-hybridized carbons (Fsp3) is 0.444. The summed E-state index contributed by atoms with van der Waals surface area (Å²) in [6.45, 7) is 0. The summed E-state index contributed by atoms with van der Waals surface area (Å²) >= 11 is 0. The summed E-state index contributed by atoms with van der Waals surface area (Å²) in [5.41, 5.74) is 0.482. The Bertz CT molecular complexity index is 679. The number of anilines is 1. The number of allylic oxidation sites excluding steroid dienone is 2. The molecule has 2 amide bonds. The van der Waals surface area contributed by atoms with Crippen LogP contribution in [0.1, 0.15) is 12.8 Å². The van der Waals surface area contributed by atoms with E-state index < -0.39 is 0 Å². The Morgan fingerprint density at radius 2 is 1.57 bits per heavy atom. The fourth-order valence-electron chi connectivity index (χ4n) is 4.28. The van der Waals surface area contributed by atoms with Crippen molar-refractivity contribution in [2.24, 2.45) is 23.7 Å². The van der Waals surface area contributed by atoms with Crippen LogP contribution in [-0.4, -0.2) is 26.0 Å². The van der Waals surface area contributed by atoms with Gasteiger partial charge in [0.05, 0.1) is 31.7 Å². The first-order valence-electron chi connectivity index (χ1n) is 7.94. The van der Waals surface area contributed by atoms with Gasteiger partial charge in [-0.15, -0.1) is 0 Å². The first kappa shape index (κ1) is 14.3. The highest BCUT2D eigenvalue weighted by Crippen LogP contribution is 2.51. The van der Waals surface area contributed by atoms with E-state index in [1.54, 1.807) is 25.3 Å². The van der Waals surface area contributed by atoms with Gasteiger partial charge in [-0.25, -0.2) is 4.90 Å². The van der Waals surface area contributed by atoms with Crippen molar-refractivity contribution < 1.29 is 19.1 Å². The van der Waals surface area contributed by atoms with Crippen LogP contribution in [0.2, 0.25) is 0 Å². The Kier molecular flexibility index (Phi) is 3.18. The van der Waals surface area contributed by atoms with Gasteiger partial charge in [-0.3, -0.25) is 9.59 Å². The lowest BCUT2D eigenvalue weighted by Crippen LogP contribution is -2.38. The van der Waals surface area contributed by atoms with Crippen molar-refractivity contribution in [2.45, 2.75) is 12.8 Å². The number of fused-ring (bicyclic) bond motifs is 1. The Labute approximate surface area is 134 Å². The minimum Gasteiger partial charge on any atom is -0.497 e. The highest BCUT2D eigenvalue weighted by atomic mass is 16.5. The standard InChI is InChI=1S/C18H19NO4/c1-22-12-7-8-14(23-2)13(9-12)19-17(20)15-10-3-4-11(6-5-10)16(15)18(19)21/h3-4,7-11,15-16H,5-6H2,1-2H3/t10-,11-,15+,16+/m0/s1. The molecule has 0 N–H and O–H groups in total. The molecule has 5 heteroatoms. The van der Waals surface area contributed by atoms with E-state index in [9.17, 15) is 9.59 Å². The molecule has 0 radical (unpaired) electrons. The first-order chi connectivity index (χ1) is 11.2. The molecular formula is C18H19NO4. The molecule has 0 spiro atoms. The van der Waals surface area contributed by atoms with Crippen LogP contribution >= 0.6 is 0 Å². The average Bonchev–Trinajstić information content (AvgIpc) is 2.88. The van der Waals surface area contributed by atoms with Gasteiger partial charge in [0, 0.05) is 6.07 Å². The topological polar surface area (TPSA) is 55.8 Å². The summed E-state index contributed by atoms with van der Waals surface area (Å²) in [7, 11) is 3.10. The van der Waals surface area contributed by atoms with Crippen LogP contribution in [-0.2, 0) is 9.59 Å². The molecule has 1 saturated carbocycles. The van der Waals surface area contributed by atoms with Crippen molar-refractivity contribution >= 4 is 17.5 Å². The minimum atomic E-state index is -0.220. The number of amides is 2. The molecular weight excluding hydrogens is 294 g/mol. The predicted octanol–water partition coefficient (Wildman–Crippen LogP) is 2.41. The van der Waals surface area contributed by atoms with Gasteiger partial charge in [0.15, 0.2) is 0 Å². The zero-order chi connectivity index (χ0) is 16.1. The van der Waals surface area contributed by atoms with Crippen molar-refractivity contribution in [1.82, 2.24) is 0 Å². The molecule has 0 unspecified atom stereocenters. The largest absolute Gasteiger partial charge is 0.497 e. The summed E-state index contributed by atoms with van der Waals surface area (Å²) < 4.78 is 10.6. The molecule has 2 bridgehead atoms. The second-order valence-electron chi connectivity index (χ2n) is 6.39. The number of carbonyl (C=O) groups excluding carboxylic acids is 2. The summed E-state index contributed by atoms with van der Waals surface area (Å²) in [6.07, 6.45) is 6.22. The molecule has 1 saturated heterocycles. The van der Waals surface area contributed by atoms with Gasteiger partial charge in [0.1, 0.15) is 11.5 Å². The van der Waals surface area contributed by atoms with Crippen molar-refractivity contribution in [3.8, 4) is 11.5 Å². The van der Waals surface area contributed by atoms with Gasteiger partial charge in [0.25, 0.3) is 0 Å². The lowest BCUT2D eigenvalue weighted by Gasteiger charge is -2.38. The third-order valence-corrected chi connectivity index (χ3v) is 5.39. The zero-order valence-electron chi connectivity index (χ0n) is 13.2. The highest BCUT2D eigenvalue weighted by molar-refractivity contribution is 6.23. The quantitative estimate of drug-likeness (QED) is 0.635. The minimum absolute atomic E-state index is 0.106. The lowest BCUT2D eigenvalue weighted by atomic mass is 9.63. The Morgan fingerprint density at radius 1 is 0.957 bits per heavy atom. The molecule has 0 aromatic heterocycles. The van der Waals surface area contributed by atoms with E-state index in [0.717, 1.165) is 12.8 Å². The number of hydrogen-bond donors (Lipinski definition) is 0. The number of benzene rings is 1. The van der Waals surface area contributed by atoms with Crippen molar-refractivity contribution in [3.05, 3.63) is 30.4 Å². The predicted molar refractivity (Wildman–Crippen MR) is 84.4 cm³/mol. The van der Waals surface area contributed by atoms with Gasteiger partial charge < -0.3 is 9.47 Å². The number of hydrogen-bond acceptors (Lipinski definition) is 4. The van der Waals surface area contributed by atoms with Crippen molar-refractivity contribution in [3.63, 3.8) is 0 Å². The summed E-state index contributed by atoms with van der Waals surface area (Å²) in [4.78, 5) is 27.3. The van der Waals surface area contributed by atoms with Crippen LogP contribution in [0.5, 0.6) is 11.5 Å². The third kappa shape index (κ3) is 1.92. The molecule has 5 nitrogen and oxygen atoms in total. The molecule has 5 rings (SSSR count). The second-order valence-corrected chi connectivity index (χ2v) is 6.39. The van der Waals surface area contributed by atoms with E-state index in [2.05, 4.69) is 12.2 Å². The van der Waals surface area contributed by atoms with Crippen LogP contribution < -0.4 is 14.4 Å². The van der Waals surface area contributed by atoms with Crippen molar-refractivity contribution in [1.29, 1.82) is 0 Å². The maximum Gasteiger partial charge on any atom is 0.238 e. The summed E-state index contributed by atoms with van der Waals surface area (Å²) in [5.74, 6) is 0.815. The Balaban J connectivity index is 1.79. The average molecular weight is 313 g/mol. The molecule has 1 aromatic rings. The molecule has 4 atom stereocenters. The van der Waals surface area contributed by atoms with E-state index in [0.29, 0.717) is 17.2 Å². The monoisotopic (exact) mass is 313 g/mol. The Hall–Kier alpha value is -2.30. The molecule has 2 fully saturated rings. The molecule has 1 aliphatic heterocycles. The van der Waals surface area contributed by atoms with E-state index in [-0.39, 0.29) is 35.5 Å². The normalized spacial score (nSPS) is 31.5. The number of imide groups is 1. The molecule has 23 heavy (non-hydrogen) atoms. The van der Waals surface area contributed by atoms with Gasteiger partial charge in [-0.2, -0.15) is 0 Å². The van der Waals surface area contributed by atoms with Gasteiger partial charge in [-0.05, 0) is 36.8 Å². The van der Waals surface area contributed by atoms with Crippen LogP contribution in [0.4, 0.5) is 5.69 Å². The smallest absolute Gasteiger partial charge is 0.238 e. The molecule has 1 aromatic carbocycles. The number of nitrogens with zero attached hydrogens (tertiary/aromatic N) is 1. The van der Waals surface area contributed by atoms with Crippen LogP contribution in [0.15, 0.2) is 30.4 Å². The maximum absolute atomic E-state index is 13.0. The lowest BCUT2D eigenvalue weighted by molar-refractivity contribution is -0.124. The maximum atomic E-state index is 13.0. The van der Waals surface area contributed by atoms with Gasteiger partial charge in [-0.1, -0.05) is 12.2 Å². The third-order valence-electron chi connectivity index (χ3n) is 5.39. The molecule has 1 heterocycles. The summed E-state index contributed by atoms with van der Waals surface area (Å²) in [6, 6.07) is 5.18. The van der Waals surface area contributed by atoms with Crippen LogP contribution in [0.3, 0.4) is 0 Å². The van der Waals surface area contributed by atoms with Gasteiger partial charge in [0.2, 0.25) is 11.8 Å². The van der Waals surface area contributed by atoms with Crippen LogP contribution in [0.25, 0.3) is 0 Å². The van der Waals surface area contributed by atoms with Crippen LogP contribution in [0, 0.1) is 23.7 Å². The van der Waals surface area contributed by atoms with E-state index in [4.69, 9.17) is 9.47 Å². The van der Waals surface area contributed by atoms with E-state index >= 15 is 0 Å². The summed E-state index contributed by atoms with van der Waals surface area (Å²) in [5, 5.41) is 0. The molecule has 3 aliphatic carbocycles. The number of rotatable bonds is 3. The number of methoxy groups -OCH3 is 2. The molecule has 120 valence electrons. The second kappa shape index (κ2) is 5.11. The number of carbonyl (C=O) groups is 2. The first-order valence-corrected chi connectivity index (χ1v) is 7.94. The van der Waals surface area contributed by atoms with Crippen molar-refractivity contribution in [2.75, 3.05) is 19.1 Å². The van der Waals surface area contributed by atoms with E-state index in [1.807, 2.05) is 0 Å². The SMILES string of the molecule is COc1ccc(OC)c(N2C(=O)[C@H]3[C@H](C2=O)[C@H]2C=C[C@H]3CC2)c1.